The molecule has 3 rings (SSSR count). The van der Waals surface area contributed by atoms with E-state index in [-0.39, 0.29) is 16.7 Å². The number of nitrogens with zero attached hydrogens (tertiary/aromatic N) is 2. The van der Waals surface area contributed by atoms with Crippen molar-refractivity contribution in [3.8, 4) is 0 Å². The van der Waals surface area contributed by atoms with Gasteiger partial charge < -0.3 is 25.0 Å². The zero-order valence-electron chi connectivity index (χ0n) is 11.0. The molecule has 5 N–H and O–H groups in total. The molecule has 114 valence electrons. The number of ether oxygens (including phenoxy) is 1. The summed E-state index contributed by atoms with van der Waals surface area (Å²) in [6.45, 7) is -0.476. The Morgan fingerprint density at radius 2 is 2.00 bits per heavy atom. The second-order valence-corrected chi connectivity index (χ2v) is 4.90. The Morgan fingerprint density at radius 1 is 1.29 bits per heavy atom. The van der Waals surface area contributed by atoms with Crippen molar-refractivity contribution in [1.29, 1.82) is 0 Å². The van der Waals surface area contributed by atoms with Crippen molar-refractivity contribution in [2.24, 2.45) is 7.05 Å². The van der Waals surface area contributed by atoms with E-state index in [4.69, 9.17) is 9.84 Å². The van der Waals surface area contributed by atoms with Crippen molar-refractivity contribution in [2.75, 3.05) is 6.61 Å². The topological polar surface area (TPSA) is 153 Å². The van der Waals surface area contributed by atoms with Gasteiger partial charge in [0.05, 0.1) is 12.1 Å². The number of aryl methyl sites for hydroxylation is 1. The van der Waals surface area contributed by atoms with E-state index in [9.17, 15) is 19.8 Å². The maximum Gasteiger partial charge on any atom is 0.326 e. The van der Waals surface area contributed by atoms with Crippen LogP contribution in [0.25, 0.3) is 11.0 Å². The summed E-state index contributed by atoms with van der Waals surface area (Å²) in [5.41, 5.74) is -0.975. The lowest BCUT2D eigenvalue weighted by molar-refractivity contribution is -0.0237. The average Bonchev–Trinajstić information content (AvgIpc) is 2.89. The number of hydrogen-bond acceptors (Lipinski definition) is 7. The van der Waals surface area contributed by atoms with Crippen molar-refractivity contribution in [1.82, 2.24) is 19.7 Å². The molecular formula is C11H14N4O6. The number of aliphatic hydroxyl groups excluding tert-OH is 3. The number of aliphatic hydroxyl groups is 3. The number of aromatic amines is 2. The van der Waals surface area contributed by atoms with Crippen LogP contribution in [0, 0.1) is 0 Å². The van der Waals surface area contributed by atoms with Crippen molar-refractivity contribution in [3.05, 3.63) is 26.5 Å². The van der Waals surface area contributed by atoms with Crippen LogP contribution in [0.3, 0.4) is 0 Å². The fourth-order valence-electron chi connectivity index (χ4n) is 2.56. The third kappa shape index (κ3) is 2.00. The second-order valence-electron chi connectivity index (χ2n) is 4.90. The molecule has 0 radical (unpaired) electrons. The van der Waals surface area contributed by atoms with Crippen molar-refractivity contribution < 1.29 is 20.1 Å². The normalized spacial score (nSPS) is 29.3. The summed E-state index contributed by atoms with van der Waals surface area (Å²) >= 11 is 0. The number of rotatable bonds is 2. The summed E-state index contributed by atoms with van der Waals surface area (Å²) in [5.74, 6) is 0. The molecule has 0 unspecified atom stereocenters. The minimum Gasteiger partial charge on any atom is -0.394 e. The van der Waals surface area contributed by atoms with Gasteiger partial charge in [-0.05, 0) is 0 Å². The van der Waals surface area contributed by atoms with Crippen molar-refractivity contribution in [3.63, 3.8) is 0 Å². The van der Waals surface area contributed by atoms with Gasteiger partial charge in [0, 0.05) is 7.05 Å². The molecule has 10 heteroatoms. The molecule has 21 heavy (non-hydrogen) atoms. The zero-order chi connectivity index (χ0) is 15.3. The lowest BCUT2D eigenvalue weighted by Gasteiger charge is -2.12. The molecule has 4 atom stereocenters. The molecule has 0 spiro atoms. The van der Waals surface area contributed by atoms with Gasteiger partial charge in [-0.1, -0.05) is 0 Å². The Balaban J connectivity index is 2.18. The highest BCUT2D eigenvalue weighted by Crippen LogP contribution is 2.34. The van der Waals surface area contributed by atoms with Crippen LogP contribution in [0.4, 0.5) is 0 Å². The van der Waals surface area contributed by atoms with Crippen LogP contribution in [-0.4, -0.2) is 60.0 Å². The fraction of sp³-hybridized carbons (Fsp3) is 0.545. The summed E-state index contributed by atoms with van der Waals surface area (Å²) in [6.07, 6.45) is -4.64. The third-order valence-corrected chi connectivity index (χ3v) is 3.57. The highest BCUT2D eigenvalue weighted by Gasteiger charge is 2.45. The number of fused-ring (bicyclic) bond motifs is 1. The summed E-state index contributed by atoms with van der Waals surface area (Å²) in [4.78, 5) is 27.7. The third-order valence-electron chi connectivity index (χ3n) is 3.57. The smallest absolute Gasteiger partial charge is 0.326 e. The largest absolute Gasteiger partial charge is 0.394 e. The molecule has 2 aromatic rings. The van der Waals surface area contributed by atoms with E-state index in [2.05, 4.69) is 15.1 Å². The van der Waals surface area contributed by atoms with Gasteiger partial charge in [-0.15, -0.1) is 0 Å². The van der Waals surface area contributed by atoms with E-state index in [0.29, 0.717) is 0 Å². The summed E-state index contributed by atoms with van der Waals surface area (Å²) in [6, 6.07) is 0. The molecule has 2 aromatic heterocycles. The van der Waals surface area contributed by atoms with E-state index in [1.165, 1.54) is 11.7 Å². The van der Waals surface area contributed by atoms with Crippen LogP contribution in [0.2, 0.25) is 0 Å². The predicted molar refractivity (Wildman–Crippen MR) is 68.7 cm³/mol. The Hall–Kier alpha value is -2.01. The minimum absolute atomic E-state index is 0.113. The van der Waals surface area contributed by atoms with E-state index >= 15 is 0 Å². The van der Waals surface area contributed by atoms with Crippen LogP contribution in [0.5, 0.6) is 0 Å². The molecule has 10 nitrogen and oxygen atoms in total. The molecule has 1 saturated heterocycles. The Bertz CT molecular complexity index is 792. The quantitative estimate of drug-likeness (QED) is 0.398. The summed E-state index contributed by atoms with van der Waals surface area (Å²) in [7, 11) is 1.50. The molecule has 0 amide bonds. The minimum atomic E-state index is -1.33. The first-order valence-corrected chi connectivity index (χ1v) is 6.25. The van der Waals surface area contributed by atoms with Gasteiger partial charge in [0.25, 0.3) is 5.56 Å². The lowest BCUT2D eigenvalue weighted by Crippen LogP contribution is -2.32. The first-order valence-electron chi connectivity index (χ1n) is 6.25. The van der Waals surface area contributed by atoms with Gasteiger partial charge in [0.2, 0.25) is 0 Å². The van der Waals surface area contributed by atoms with E-state index in [1.54, 1.807) is 0 Å². The maximum absolute atomic E-state index is 11.8. The zero-order valence-corrected chi connectivity index (χ0v) is 11.0. The van der Waals surface area contributed by atoms with Gasteiger partial charge in [-0.25, -0.2) is 4.79 Å². The van der Waals surface area contributed by atoms with Crippen LogP contribution in [0.1, 0.15) is 11.8 Å². The van der Waals surface area contributed by atoms with Gasteiger partial charge >= 0.3 is 5.69 Å². The molecular weight excluding hydrogens is 284 g/mol. The molecule has 0 saturated carbocycles. The predicted octanol–water partition coefficient (Wildman–Crippen LogP) is -2.90. The van der Waals surface area contributed by atoms with Gasteiger partial charge in [-0.3, -0.25) is 14.5 Å². The Kier molecular flexibility index (Phi) is 3.17. The Morgan fingerprint density at radius 3 is 2.62 bits per heavy atom. The molecule has 1 fully saturated rings. The molecule has 0 aliphatic carbocycles. The van der Waals surface area contributed by atoms with Crippen LogP contribution >= 0.6 is 0 Å². The SMILES string of the molecule is Cn1nc([C@@H]2O[C@H](CO)[C@@H](O)[C@H]2O)c2[nH]c(=O)[nH]c(=O)c21. The van der Waals surface area contributed by atoms with Crippen LogP contribution < -0.4 is 11.2 Å². The van der Waals surface area contributed by atoms with E-state index < -0.39 is 42.3 Å². The van der Waals surface area contributed by atoms with Crippen LogP contribution in [-0.2, 0) is 11.8 Å². The highest BCUT2D eigenvalue weighted by molar-refractivity contribution is 5.76. The number of nitrogens with one attached hydrogen (secondary N) is 2. The van der Waals surface area contributed by atoms with Crippen LogP contribution in [0.15, 0.2) is 9.59 Å². The fourth-order valence-corrected chi connectivity index (χ4v) is 2.56. The maximum atomic E-state index is 11.8. The van der Waals surface area contributed by atoms with Gasteiger partial charge in [0.1, 0.15) is 35.6 Å². The summed E-state index contributed by atoms with van der Waals surface area (Å²) < 4.78 is 6.61. The van der Waals surface area contributed by atoms with E-state index in [0.717, 1.165) is 0 Å². The monoisotopic (exact) mass is 298 g/mol. The molecule has 0 bridgehead atoms. The second kappa shape index (κ2) is 4.77. The standard InChI is InChI=1S/C11H14N4O6/c1-15-6-4(12-11(20)13-10(6)19)5(14-15)9-8(18)7(17)3(2-16)21-9/h3,7-9,16-18H,2H2,1H3,(H2,12,13,19,20)/t3-,7-,8-,9+/m1/s1. The van der Waals surface area contributed by atoms with Gasteiger partial charge in [0.15, 0.2) is 0 Å². The first-order chi connectivity index (χ1) is 9.93. The number of H-pyrrole nitrogens is 2. The van der Waals surface area contributed by atoms with Gasteiger partial charge in [-0.2, -0.15) is 5.10 Å². The first kappa shape index (κ1) is 13.9. The van der Waals surface area contributed by atoms with Crippen molar-refractivity contribution >= 4 is 11.0 Å². The molecule has 1 aliphatic heterocycles. The molecule has 3 heterocycles. The summed E-state index contributed by atoms with van der Waals surface area (Å²) in [5, 5.41) is 32.9. The van der Waals surface area contributed by atoms with E-state index in [1.807, 2.05) is 0 Å². The lowest BCUT2D eigenvalue weighted by atomic mass is 10.1. The molecule has 1 aliphatic rings. The number of aromatic nitrogens is 4. The van der Waals surface area contributed by atoms with Crippen molar-refractivity contribution in [2.45, 2.75) is 24.4 Å². The Labute approximate surface area is 116 Å². The number of hydrogen-bond donors (Lipinski definition) is 5. The average molecular weight is 298 g/mol. The molecule has 0 aromatic carbocycles. The highest BCUT2D eigenvalue weighted by atomic mass is 16.6.